The Hall–Kier alpha value is -2.14. The highest BCUT2D eigenvalue weighted by Gasteiger charge is 2.13. The van der Waals surface area contributed by atoms with Crippen LogP contribution in [0.1, 0.15) is 24.5 Å². The second-order valence-corrected chi connectivity index (χ2v) is 6.83. The molecule has 0 saturated heterocycles. The maximum Gasteiger partial charge on any atom is 0.131 e. The van der Waals surface area contributed by atoms with E-state index in [0.29, 0.717) is 22.9 Å². The summed E-state index contributed by atoms with van der Waals surface area (Å²) in [5, 5.41) is 15.3. The van der Waals surface area contributed by atoms with Crippen molar-refractivity contribution in [1.82, 2.24) is 5.32 Å². The van der Waals surface area contributed by atoms with Gasteiger partial charge in [-0.2, -0.15) is 0 Å². The van der Waals surface area contributed by atoms with Crippen molar-refractivity contribution in [2.24, 2.45) is 0 Å². The second-order valence-electron chi connectivity index (χ2n) is 6.42. The average Bonchev–Trinajstić information content (AvgIpc) is 2.69. The van der Waals surface area contributed by atoms with Crippen LogP contribution < -0.4 is 10.1 Å². The molecular weight excluding hydrogens is 365 g/mol. The standard InChI is InChI=1S/C22H23ClFNO2/c1-2-16(13-26)25-12-18-17-7-4-3-6-15(17)10-11-22(18)27-14-19-20(23)8-5-9-21(19)24/h3-11,16,25-26H,2,12-14H2,1H3/t16-/m1/s1. The van der Waals surface area contributed by atoms with E-state index in [0.717, 1.165) is 22.8 Å². The summed E-state index contributed by atoms with van der Waals surface area (Å²) >= 11 is 6.11. The Morgan fingerprint density at radius 3 is 2.63 bits per heavy atom. The van der Waals surface area contributed by atoms with Crippen molar-refractivity contribution in [3.63, 3.8) is 0 Å². The van der Waals surface area contributed by atoms with Crippen molar-refractivity contribution >= 4 is 22.4 Å². The zero-order chi connectivity index (χ0) is 19.2. The topological polar surface area (TPSA) is 41.5 Å². The fourth-order valence-corrected chi connectivity index (χ4v) is 3.26. The first-order valence-electron chi connectivity index (χ1n) is 9.04. The number of hydrogen-bond acceptors (Lipinski definition) is 3. The van der Waals surface area contributed by atoms with Crippen LogP contribution in [0, 0.1) is 5.82 Å². The van der Waals surface area contributed by atoms with Crippen molar-refractivity contribution in [1.29, 1.82) is 0 Å². The van der Waals surface area contributed by atoms with Crippen LogP contribution in [0.4, 0.5) is 4.39 Å². The molecule has 1 atom stereocenters. The summed E-state index contributed by atoms with van der Waals surface area (Å²) in [6.07, 6.45) is 0.822. The van der Waals surface area contributed by atoms with Crippen LogP contribution in [0.25, 0.3) is 10.8 Å². The molecule has 0 heterocycles. The lowest BCUT2D eigenvalue weighted by molar-refractivity contribution is 0.237. The van der Waals surface area contributed by atoms with Gasteiger partial charge in [-0.05, 0) is 35.4 Å². The molecule has 3 aromatic rings. The predicted molar refractivity (Wildman–Crippen MR) is 108 cm³/mol. The van der Waals surface area contributed by atoms with Crippen LogP contribution in [0.15, 0.2) is 54.6 Å². The smallest absolute Gasteiger partial charge is 0.131 e. The molecule has 3 nitrogen and oxygen atoms in total. The molecule has 5 heteroatoms. The van der Waals surface area contributed by atoms with Crippen LogP contribution in [0.3, 0.4) is 0 Å². The number of hydrogen-bond donors (Lipinski definition) is 2. The number of nitrogens with one attached hydrogen (secondary N) is 1. The zero-order valence-corrected chi connectivity index (χ0v) is 16.0. The quantitative estimate of drug-likeness (QED) is 0.567. The largest absolute Gasteiger partial charge is 0.488 e. The van der Waals surface area contributed by atoms with Gasteiger partial charge in [0.25, 0.3) is 0 Å². The Labute approximate surface area is 163 Å². The van der Waals surface area contributed by atoms with Gasteiger partial charge in [0.15, 0.2) is 0 Å². The lowest BCUT2D eigenvalue weighted by atomic mass is 10.0. The zero-order valence-electron chi connectivity index (χ0n) is 15.2. The summed E-state index contributed by atoms with van der Waals surface area (Å²) in [6, 6.07) is 16.5. The SMILES string of the molecule is CC[C@H](CO)NCc1c(OCc2c(F)cccc2Cl)ccc2ccccc12. The lowest BCUT2D eigenvalue weighted by Gasteiger charge is -2.19. The van der Waals surface area contributed by atoms with Gasteiger partial charge < -0.3 is 15.2 Å². The van der Waals surface area contributed by atoms with Crippen LogP contribution in [0.2, 0.25) is 5.02 Å². The summed E-state index contributed by atoms with van der Waals surface area (Å²) in [4.78, 5) is 0. The molecule has 0 aliphatic carbocycles. The highest BCUT2D eigenvalue weighted by molar-refractivity contribution is 6.31. The number of ether oxygens (including phenoxy) is 1. The number of aliphatic hydroxyl groups is 1. The Morgan fingerprint density at radius 1 is 1.07 bits per heavy atom. The van der Waals surface area contributed by atoms with Gasteiger partial charge in [0, 0.05) is 23.7 Å². The fraction of sp³-hybridized carbons (Fsp3) is 0.273. The van der Waals surface area contributed by atoms with Crippen LogP contribution in [-0.2, 0) is 13.2 Å². The van der Waals surface area contributed by atoms with Gasteiger partial charge in [-0.15, -0.1) is 0 Å². The maximum absolute atomic E-state index is 14.0. The van der Waals surface area contributed by atoms with Crippen LogP contribution in [-0.4, -0.2) is 17.8 Å². The third-order valence-electron chi connectivity index (χ3n) is 4.71. The van der Waals surface area contributed by atoms with E-state index in [4.69, 9.17) is 16.3 Å². The normalized spacial score (nSPS) is 12.3. The van der Waals surface area contributed by atoms with Gasteiger partial charge in [-0.25, -0.2) is 4.39 Å². The molecule has 142 valence electrons. The van der Waals surface area contributed by atoms with Gasteiger partial charge in [-0.3, -0.25) is 0 Å². The van der Waals surface area contributed by atoms with E-state index >= 15 is 0 Å². The molecule has 0 aliphatic rings. The third-order valence-corrected chi connectivity index (χ3v) is 5.07. The van der Waals surface area contributed by atoms with Gasteiger partial charge in [0.1, 0.15) is 18.2 Å². The molecule has 0 bridgehead atoms. The highest BCUT2D eigenvalue weighted by atomic mass is 35.5. The van der Waals surface area contributed by atoms with E-state index in [1.54, 1.807) is 12.1 Å². The molecule has 3 aromatic carbocycles. The van der Waals surface area contributed by atoms with Gasteiger partial charge in [-0.1, -0.05) is 54.9 Å². The van der Waals surface area contributed by atoms with E-state index in [2.05, 4.69) is 5.32 Å². The van der Waals surface area contributed by atoms with Gasteiger partial charge >= 0.3 is 0 Å². The first-order chi connectivity index (χ1) is 13.1. The molecule has 0 spiro atoms. The van der Waals surface area contributed by atoms with Crippen LogP contribution >= 0.6 is 11.6 Å². The summed E-state index contributed by atoms with van der Waals surface area (Å²) in [6.45, 7) is 2.69. The molecule has 0 saturated carbocycles. The molecule has 27 heavy (non-hydrogen) atoms. The lowest BCUT2D eigenvalue weighted by Crippen LogP contribution is -2.31. The van der Waals surface area contributed by atoms with Gasteiger partial charge in [0.2, 0.25) is 0 Å². The average molecular weight is 388 g/mol. The van der Waals surface area contributed by atoms with Crippen molar-refractivity contribution in [3.8, 4) is 5.75 Å². The van der Waals surface area contributed by atoms with E-state index in [-0.39, 0.29) is 25.1 Å². The van der Waals surface area contributed by atoms with E-state index in [1.807, 2.05) is 43.3 Å². The first kappa shape index (κ1) is 19.6. The first-order valence-corrected chi connectivity index (χ1v) is 9.42. The second kappa shape index (κ2) is 9.18. The highest BCUT2D eigenvalue weighted by Crippen LogP contribution is 2.30. The monoisotopic (exact) mass is 387 g/mol. The van der Waals surface area contributed by atoms with Crippen LogP contribution in [0.5, 0.6) is 5.75 Å². The van der Waals surface area contributed by atoms with Gasteiger partial charge in [0.05, 0.1) is 11.6 Å². The number of halogens is 2. The molecule has 3 rings (SSSR count). The molecular formula is C22H23ClFNO2. The number of fused-ring (bicyclic) bond motifs is 1. The number of benzene rings is 3. The Kier molecular flexibility index (Phi) is 6.67. The molecule has 0 amide bonds. The molecule has 0 unspecified atom stereocenters. The van der Waals surface area contributed by atoms with Crippen molar-refractivity contribution in [2.45, 2.75) is 32.5 Å². The Bertz CT molecular complexity index is 892. The third kappa shape index (κ3) is 4.59. The molecule has 0 radical (unpaired) electrons. The number of aliphatic hydroxyl groups excluding tert-OH is 1. The summed E-state index contributed by atoms with van der Waals surface area (Å²) < 4.78 is 20.0. The van der Waals surface area contributed by atoms with Crippen molar-refractivity contribution in [2.75, 3.05) is 6.61 Å². The van der Waals surface area contributed by atoms with E-state index in [9.17, 15) is 9.50 Å². The predicted octanol–water partition coefficient (Wildman–Crippen LogP) is 5.07. The summed E-state index contributed by atoms with van der Waals surface area (Å²) in [5.74, 6) is 0.294. The Balaban J connectivity index is 1.90. The number of rotatable bonds is 8. The maximum atomic E-state index is 14.0. The fourth-order valence-electron chi connectivity index (χ4n) is 3.04. The molecule has 0 aliphatic heterocycles. The van der Waals surface area contributed by atoms with E-state index in [1.165, 1.54) is 6.07 Å². The molecule has 2 N–H and O–H groups in total. The Morgan fingerprint density at radius 2 is 1.89 bits per heavy atom. The van der Waals surface area contributed by atoms with E-state index < -0.39 is 0 Å². The minimum absolute atomic E-state index is 0.0119. The minimum Gasteiger partial charge on any atom is -0.488 e. The minimum atomic E-state index is -0.380. The van der Waals surface area contributed by atoms with Crippen molar-refractivity contribution < 1.29 is 14.2 Å². The molecule has 0 aromatic heterocycles. The summed E-state index contributed by atoms with van der Waals surface area (Å²) in [7, 11) is 0. The molecule has 0 fully saturated rings. The summed E-state index contributed by atoms with van der Waals surface area (Å²) in [5.41, 5.74) is 1.32. The van der Waals surface area contributed by atoms with Crippen molar-refractivity contribution in [3.05, 3.63) is 76.6 Å².